The molecule has 2 unspecified atom stereocenters. The van der Waals surface area contributed by atoms with Gasteiger partial charge in [-0.25, -0.2) is 0 Å². The largest absolute Gasteiger partial charge is 0.378 e. The Labute approximate surface area is 103 Å². The maximum atomic E-state index is 11.8. The van der Waals surface area contributed by atoms with Gasteiger partial charge in [0, 0.05) is 18.5 Å². The molecule has 1 saturated heterocycles. The van der Waals surface area contributed by atoms with Crippen molar-refractivity contribution in [2.75, 3.05) is 12.5 Å². The Balaban J connectivity index is 2.29. The summed E-state index contributed by atoms with van der Waals surface area (Å²) < 4.78 is 5.44. The number of carbonyl (C=O) groups is 1. The number of nitrogens with one attached hydrogen (secondary N) is 1. The summed E-state index contributed by atoms with van der Waals surface area (Å²) in [6, 6.07) is 0.186. The van der Waals surface area contributed by atoms with Crippen molar-refractivity contribution in [2.45, 2.75) is 51.7 Å². The molecule has 0 spiro atoms. The molecule has 0 radical (unpaired) electrons. The first-order valence-electron chi connectivity index (χ1n) is 6.10. The van der Waals surface area contributed by atoms with Crippen molar-refractivity contribution >= 4 is 17.5 Å². The summed E-state index contributed by atoms with van der Waals surface area (Å²) in [5, 5.41) is 3.04. The van der Waals surface area contributed by atoms with E-state index in [-0.39, 0.29) is 18.1 Å². The Morgan fingerprint density at radius 3 is 2.81 bits per heavy atom. The van der Waals surface area contributed by atoms with Crippen LogP contribution in [0.1, 0.15) is 39.5 Å². The summed E-state index contributed by atoms with van der Waals surface area (Å²) in [6.07, 6.45) is 3.54. The van der Waals surface area contributed by atoms with Gasteiger partial charge in [0.2, 0.25) is 5.91 Å². The molecule has 1 amide bonds. The molecule has 1 N–H and O–H groups in total. The molecule has 0 saturated carbocycles. The molecule has 0 bridgehead atoms. The van der Waals surface area contributed by atoms with E-state index >= 15 is 0 Å². The number of alkyl halides is 1. The minimum atomic E-state index is 0.0933. The maximum Gasteiger partial charge on any atom is 0.222 e. The third-order valence-electron chi connectivity index (χ3n) is 3.01. The summed E-state index contributed by atoms with van der Waals surface area (Å²) in [4.78, 5) is 11.8. The first-order valence-corrected chi connectivity index (χ1v) is 6.64. The van der Waals surface area contributed by atoms with E-state index in [2.05, 4.69) is 19.2 Å². The summed E-state index contributed by atoms with van der Waals surface area (Å²) in [5.74, 6) is 1.10. The van der Waals surface area contributed by atoms with Crippen LogP contribution in [0.4, 0.5) is 0 Å². The number of rotatable bonds is 6. The van der Waals surface area contributed by atoms with Crippen LogP contribution in [-0.2, 0) is 9.53 Å². The van der Waals surface area contributed by atoms with Crippen molar-refractivity contribution in [3.63, 3.8) is 0 Å². The fourth-order valence-electron chi connectivity index (χ4n) is 1.97. The maximum absolute atomic E-state index is 11.8. The third-order valence-corrected chi connectivity index (χ3v) is 3.23. The van der Waals surface area contributed by atoms with E-state index in [0.29, 0.717) is 18.2 Å². The van der Waals surface area contributed by atoms with Crippen molar-refractivity contribution < 1.29 is 9.53 Å². The number of halogens is 1. The molecule has 0 aromatic heterocycles. The van der Waals surface area contributed by atoms with Gasteiger partial charge in [-0.3, -0.25) is 4.79 Å². The smallest absolute Gasteiger partial charge is 0.222 e. The van der Waals surface area contributed by atoms with Crippen LogP contribution in [0, 0.1) is 5.92 Å². The van der Waals surface area contributed by atoms with Crippen molar-refractivity contribution in [2.24, 2.45) is 5.92 Å². The molecule has 4 heteroatoms. The number of carbonyl (C=O) groups excluding carboxylic acids is 1. The van der Waals surface area contributed by atoms with Gasteiger partial charge in [0.25, 0.3) is 0 Å². The Hall–Kier alpha value is -0.280. The fourth-order valence-corrected chi connectivity index (χ4v) is 2.20. The van der Waals surface area contributed by atoms with E-state index in [1.165, 1.54) is 0 Å². The predicted molar refractivity (Wildman–Crippen MR) is 65.7 cm³/mol. The van der Waals surface area contributed by atoms with E-state index in [0.717, 1.165) is 25.9 Å². The van der Waals surface area contributed by atoms with Crippen LogP contribution in [0.3, 0.4) is 0 Å². The van der Waals surface area contributed by atoms with E-state index in [1.807, 2.05) is 0 Å². The van der Waals surface area contributed by atoms with E-state index < -0.39 is 0 Å². The molecule has 94 valence electrons. The molecule has 0 aromatic rings. The quantitative estimate of drug-likeness (QED) is 0.732. The van der Waals surface area contributed by atoms with Crippen LogP contribution in [0.2, 0.25) is 0 Å². The van der Waals surface area contributed by atoms with Crippen molar-refractivity contribution in [3.05, 3.63) is 0 Å². The zero-order chi connectivity index (χ0) is 12.0. The van der Waals surface area contributed by atoms with Gasteiger partial charge in [0.05, 0.1) is 12.5 Å². The zero-order valence-electron chi connectivity index (χ0n) is 10.2. The highest BCUT2D eigenvalue weighted by atomic mass is 35.5. The monoisotopic (exact) mass is 247 g/mol. The fraction of sp³-hybridized carbons (Fsp3) is 0.917. The average Bonchev–Trinajstić information content (AvgIpc) is 2.69. The van der Waals surface area contributed by atoms with Crippen LogP contribution >= 0.6 is 11.6 Å². The summed E-state index contributed by atoms with van der Waals surface area (Å²) in [7, 11) is 0. The molecular weight excluding hydrogens is 226 g/mol. The lowest BCUT2D eigenvalue weighted by Gasteiger charge is -2.22. The Kier molecular flexibility index (Phi) is 6.14. The number of amides is 1. The first-order chi connectivity index (χ1) is 7.63. The van der Waals surface area contributed by atoms with Gasteiger partial charge < -0.3 is 10.1 Å². The molecule has 1 rings (SSSR count). The summed E-state index contributed by atoms with van der Waals surface area (Å²) in [6.45, 7) is 5.00. The molecule has 1 aliphatic heterocycles. The second-order valence-corrected chi connectivity index (χ2v) is 5.11. The normalized spacial score (nSPS) is 22.4. The lowest BCUT2D eigenvalue weighted by Crippen LogP contribution is -2.40. The van der Waals surface area contributed by atoms with Crippen LogP contribution < -0.4 is 5.32 Å². The van der Waals surface area contributed by atoms with Gasteiger partial charge in [-0.05, 0) is 25.2 Å². The highest BCUT2D eigenvalue weighted by Crippen LogP contribution is 2.15. The molecule has 1 aliphatic rings. The van der Waals surface area contributed by atoms with E-state index in [9.17, 15) is 4.79 Å². The van der Waals surface area contributed by atoms with Gasteiger partial charge in [-0.15, -0.1) is 11.6 Å². The Bertz CT molecular complexity index is 215. The number of hydrogen-bond donors (Lipinski definition) is 1. The lowest BCUT2D eigenvalue weighted by atomic mass is 10.0. The summed E-state index contributed by atoms with van der Waals surface area (Å²) >= 11 is 5.72. The second-order valence-electron chi connectivity index (χ2n) is 4.73. The molecule has 16 heavy (non-hydrogen) atoms. The highest BCUT2D eigenvalue weighted by Gasteiger charge is 2.21. The highest BCUT2D eigenvalue weighted by molar-refractivity contribution is 6.17. The average molecular weight is 248 g/mol. The van der Waals surface area contributed by atoms with Crippen molar-refractivity contribution in [3.8, 4) is 0 Å². The van der Waals surface area contributed by atoms with Crippen molar-refractivity contribution in [1.29, 1.82) is 0 Å². The standard InChI is InChI=1S/C12H22ClNO2/c1-9(2)11(5-6-13)14-12(15)8-10-4-3-7-16-10/h9-11H,3-8H2,1-2H3,(H,14,15). The lowest BCUT2D eigenvalue weighted by molar-refractivity contribution is -0.124. The minimum absolute atomic E-state index is 0.0933. The second kappa shape index (κ2) is 7.13. The Morgan fingerprint density at radius 1 is 1.56 bits per heavy atom. The van der Waals surface area contributed by atoms with Gasteiger partial charge in [0.15, 0.2) is 0 Å². The SMILES string of the molecule is CC(C)C(CCCl)NC(=O)CC1CCCO1. The minimum Gasteiger partial charge on any atom is -0.378 e. The molecule has 1 fully saturated rings. The van der Waals surface area contributed by atoms with Gasteiger partial charge in [0.1, 0.15) is 0 Å². The van der Waals surface area contributed by atoms with Crippen LogP contribution in [0.15, 0.2) is 0 Å². The summed E-state index contributed by atoms with van der Waals surface area (Å²) in [5.41, 5.74) is 0. The van der Waals surface area contributed by atoms with Crippen LogP contribution in [0.25, 0.3) is 0 Å². The molecule has 1 heterocycles. The van der Waals surface area contributed by atoms with Crippen molar-refractivity contribution in [1.82, 2.24) is 5.32 Å². The Morgan fingerprint density at radius 2 is 2.31 bits per heavy atom. The predicted octanol–water partition coefficient (Wildman–Crippen LogP) is 2.33. The molecular formula is C12H22ClNO2. The van der Waals surface area contributed by atoms with Gasteiger partial charge in [-0.1, -0.05) is 13.8 Å². The van der Waals surface area contributed by atoms with Gasteiger partial charge in [-0.2, -0.15) is 0 Å². The first kappa shape index (κ1) is 13.8. The molecule has 2 atom stereocenters. The topological polar surface area (TPSA) is 38.3 Å². The number of hydrogen-bond acceptors (Lipinski definition) is 2. The molecule has 0 aromatic carbocycles. The van der Waals surface area contributed by atoms with Gasteiger partial charge >= 0.3 is 0 Å². The molecule has 3 nitrogen and oxygen atoms in total. The number of ether oxygens (including phenoxy) is 1. The third kappa shape index (κ3) is 4.71. The van der Waals surface area contributed by atoms with Crippen LogP contribution in [-0.4, -0.2) is 30.5 Å². The zero-order valence-corrected chi connectivity index (χ0v) is 10.9. The molecule has 0 aliphatic carbocycles. The van der Waals surface area contributed by atoms with E-state index in [4.69, 9.17) is 16.3 Å². The van der Waals surface area contributed by atoms with E-state index in [1.54, 1.807) is 0 Å². The van der Waals surface area contributed by atoms with Crippen LogP contribution in [0.5, 0.6) is 0 Å².